The van der Waals surface area contributed by atoms with Crippen LogP contribution in [0, 0.1) is 0 Å². The molecule has 2 aromatic carbocycles. The molecule has 2 rings (SSSR count). The minimum atomic E-state index is -0.266. The maximum atomic E-state index is 12.4. The molecule has 5 heteroatoms. The van der Waals surface area contributed by atoms with Crippen LogP contribution >= 0.6 is 0 Å². The van der Waals surface area contributed by atoms with E-state index in [2.05, 4.69) is 5.32 Å². The van der Waals surface area contributed by atoms with Gasteiger partial charge in [0.1, 0.15) is 12.3 Å². The third kappa shape index (κ3) is 4.35. The first-order valence-electron chi connectivity index (χ1n) is 7.78. The van der Waals surface area contributed by atoms with Crippen molar-refractivity contribution in [3.8, 4) is 5.75 Å². The zero-order chi connectivity index (χ0) is 17.5. The van der Waals surface area contributed by atoms with Gasteiger partial charge < -0.3 is 15.0 Å². The topological polar surface area (TPSA) is 58.6 Å². The van der Waals surface area contributed by atoms with Crippen molar-refractivity contribution in [3.63, 3.8) is 0 Å². The Bertz CT molecular complexity index is 701. The molecule has 0 aliphatic rings. The summed E-state index contributed by atoms with van der Waals surface area (Å²) < 4.78 is 5.22. The van der Waals surface area contributed by atoms with E-state index in [4.69, 9.17) is 4.74 Å². The predicted octanol–water partition coefficient (Wildman–Crippen LogP) is 3.24. The molecule has 0 fully saturated rings. The van der Waals surface area contributed by atoms with E-state index in [0.29, 0.717) is 11.4 Å². The van der Waals surface area contributed by atoms with Crippen molar-refractivity contribution in [2.45, 2.75) is 19.9 Å². The van der Waals surface area contributed by atoms with Crippen molar-refractivity contribution in [1.29, 1.82) is 0 Å². The molecular formula is C19H22N2O3. The van der Waals surface area contributed by atoms with Crippen LogP contribution in [0.25, 0.3) is 0 Å². The first-order chi connectivity index (χ1) is 11.5. The Kier molecular flexibility index (Phi) is 5.95. The van der Waals surface area contributed by atoms with Crippen molar-refractivity contribution < 1.29 is 14.3 Å². The van der Waals surface area contributed by atoms with Gasteiger partial charge in [-0.1, -0.05) is 42.5 Å². The lowest BCUT2D eigenvalue weighted by Gasteiger charge is -2.28. The molecule has 0 radical (unpaired) electrons. The van der Waals surface area contributed by atoms with Crippen LogP contribution in [0.4, 0.5) is 5.69 Å². The Morgan fingerprint density at radius 3 is 2.33 bits per heavy atom. The number of nitrogens with one attached hydrogen (secondary N) is 1. The number of amides is 2. The minimum absolute atomic E-state index is 0.0244. The maximum Gasteiger partial charge on any atom is 0.244 e. The molecule has 0 aliphatic heterocycles. The number of benzene rings is 2. The Labute approximate surface area is 142 Å². The summed E-state index contributed by atoms with van der Waals surface area (Å²) in [5.74, 6) is 0.162. The Balaban J connectivity index is 2.10. The average Bonchev–Trinajstić information content (AvgIpc) is 2.60. The standard InChI is InChI=1S/C19H22N2O3/c1-14(16-9-5-4-6-10-16)21(15(2)22)13-19(23)20-17-11-7-8-12-18(17)24-3/h4-12,14H,13H2,1-3H3,(H,20,23). The normalized spacial score (nSPS) is 11.5. The third-order valence-corrected chi connectivity index (χ3v) is 3.85. The largest absolute Gasteiger partial charge is 0.495 e. The monoisotopic (exact) mass is 326 g/mol. The number of hydrogen-bond donors (Lipinski definition) is 1. The van der Waals surface area contributed by atoms with Crippen molar-refractivity contribution in [2.75, 3.05) is 19.0 Å². The highest BCUT2D eigenvalue weighted by Gasteiger charge is 2.21. The molecule has 0 bridgehead atoms. The molecule has 0 aliphatic carbocycles. The summed E-state index contributed by atoms with van der Waals surface area (Å²) in [4.78, 5) is 25.9. The van der Waals surface area contributed by atoms with E-state index in [1.807, 2.05) is 49.4 Å². The van der Waals surface area contributed by atoms with Gasteiger partial charge in [0, 0.05) is 6.92 Å². The lowest BCUT2D eigenvalue weighted by atomic mass is 10.1. The average molecular weight is 326 g/mol. The first kappa shape index (κ1) is 17.5. The van der Waals surface area contributed by atoms with Crippen LogP contribution < -0.4 is 10.1 Å². The number of para-hydroxylation sites is 2. The molecule has 0 aromatic heterocycles. The van der Waals surface area contributed by atoms with E-state index in [1.165, 1.54) is 6.92 Å². The van der Waals surface area contributed by atoms with Crippen molar-refractivity contribution in [2.24, 2.45) is 0 Å². The number of anilines is 1. The fraction of sp³-hybridized carbons (Fsp3) is 0.263. The summed E-state index contributed by atoms with van der Waals surface area (Å²) in [6.07, 6.45) is 0. The van der Waals surface area contributed by atoms with Gasteiger partial charge in [-0.3, -0.25) is 9.59 Å². The van der Waals surface area contributed by atoms with Gasteiger partial charge in [0.15, 0.2) is 0 Å². The Morgan fingerprint density at radius 1 is 1.08 bits per heavy atom. The van der Waals surface area contributed by atoms with E-state index in [-0.39, 0.29) is 24.4 Å². The van der Waals surface area contributed by atoms with Gasteiger partial charge >= 0.3 is 0 Å². The molecule has 24 heavy (non-hydrogen) atoms. The van der Waals surface area contributed by atoms with Gasteiger partial charge in [-0.25, -0.2) is 0 Å². The number of hydrogen-bond acceptors (Lipinski definition) is 3. The number of methoxy groups -OCH3 is 1. The van der Waals surface area contributed by atoms with E-state index in [9.17, 15) is 9.59 Å². The predicted molar refractivity (Wildman–Crippen MR) is 93.9 cm³/mol. The molecule has 1 atom stereocenters. The van der Waals surface area contributed by atoms with E-state index >= 15 is 0 Å². The number of carbonyl (C=O) groups is 2. The fourth-order valence-corrected chi connectivity index (χ4v) is 2.52. The molecular weight excluding hydrogens is 304 g/mol. The number of nitrogens with zero attached hydrogens (tertiary/aromatic N) is 1. The van der Waals surface area contributed by atoms with E-state index in [1.54, 1.807) is 24.1 Å². The number of carbonyl (C=O) groups excluding carboxylic acids is 2. The van der Waals surface area contributed by atoms with Crippen molar-refractivity contribution in [1.82, 2.24) is 4.90 Å². The minimum Gasteiger partial charge on any atom is -0.495 e. The highest BCUT2D eigenvalue weighted by molar-refractivity contribution is 5.95. The van der Waals surface area contributed by atoms with Crippen LogP contribution in [-0.2, 0) is 9.59 Å². The Morgan fingerprint density at radius 2 is 1.71 bits per heavy atom. The molecule has 2 aromatic rings. The van der Waals surface area contributed by atoms with Crippen LogP contribution in [0.15, 0.2) is 54.6 Å². The molecule has 0 heterocycles. The van der Waals surface area contributed by atoms with Crippen LogP contribution in [-0.4, -0.2) is 30.4 Å². The van der Waals surface area contributed by atoms with Gasteiger partial charge in [-0.2, -0.15) is 0 Å². The molecule has 5 nitrogen and oxygen atoms in total. The summed E-state index contributed by atoms with van der Waals surface area (Å²) in [6, 6.07) is 16.6. The maximum absolute atomic E-state index is 12.4. The molecule has 2 amide bonds. The highest BCUT2D eigenvalue weighted by Crippen LogP contribution is 2.24. The van der Waals surface area contributed by atoms with Gasteiger partial charge in [-0.05, 0) is 24.6 Å². The fourth-order valence-electron chi connectivity index (χ4n) is 2.52. The van der Waals surface area contributed by atoms with Gasteiger partial charge in [0.05, 0.1) is 18.8 Å². The zero-order valence-electron chi connectivity index (χ0n) is 14.2. The summed E-state index contributed by atoms with van der Waals surface area (Å²) in [6.45, 7) is 3.35. The van der Waals surface area contributed by atoms with Gasteiger partial charge in [0.2, 0.25) is 11.8 Å². The van der Waals surface area contributed by atoms with Gasteiger partial charge in [0.25, 0.3) is 0 Å². The smallest absolute Gasteiger partial charge is 0.244 e. The Hall–Kier alpha value is -2.82. The summed E-state index contributed by atoms with van der Waals surface area (Å²) >= 11 is 0. The molecule has 0 saturated heterocycles. The quantitative estimate of drug-likeness (QED) is 0.886. The molecule has 126 valence electrons. The van der Waals surface area contributed by atoms with Crippen LogP contribution in [0.3, 0.4) is 0 Å². The lowest BCUT2D eigenvalue weighted by Crippen LogP contribution is -2.38. The second-order valence-electron chi connectivity index (χ2n) is 5.48. The lowest BCUT2D eigenvalue weighted by molar-refractivity contribution is -0.134. The van der Waals surface area contributed by atoms with Crippen LogP contribution in [0.1, 0.15) is 25.5 Å². The molecule has 1 unspecified atom stereocenters. The third-order valence-electron chi connectivity index (χ3n) is 3.85. The molecule has 0 saturated carbocycles. The van der Waals surface area contributed by atoms with Crippen molar-refractivity contribution in [3.05, 3.63) is 60.2 Å². The first-order valence-corrected chi connectivity index (χ1v) is 7.78. The van der Waals surface area contributed by atoms with E-state index < -0.39 is 0 Å². The van der Waals surface area contributed by atoms with Gasteiger partial charge in [-0.15, -0.1) is 0 Å². The van der Waals surface area contributed by atoms with Crippen LogP contribution in [0.5, 0.6) is 5.75 Å². The SMILES string of the molecule is COc1ccccc1NC(=O)CN(C(C)=O)C(C)c1ccccc1. The van der Waals surface area contributed by atoms with E-state index in [0.717, 1.165) is 5.56 Å². The number of ether oxygens (including phenoxy) is 1. The summed E-state index contributed by atoms with van der Waals surface area (Å²) in [5.41, 5.74) is 1.57. The second kappa shape index (κ2) is 8.15. The molecule has 1 N–H and O–H groups in total. The molecule has 0 spiro atoms. The summed E-state index contributed by atoms with van der Waals surface area (Å²) in [7, 11) is 1.55. The summed E-state index contributed by atoms with van der Waals surface area (Å²) in [5, 5.41) is 2.80. The van der Waals surface area contributed by atoms with Crippen molar-refractivity contribution >= 4 is 17.5 Å². The zero-order valence-corrected chi connectivity index (χ0v) is 14.2. The van der Waals surface area contributed by atoms with Crippen LogP contribution in [0.2, 0.25) is 0 Å². The highest BCUT2D eigenvalue weighted by atomic mass is 16.5. The number of rotatable bonds is 6. The second-order valence-corrected chi connectivity index (χ2v) is 5.48.